The first kappa shape index (κ1) is 11.7. The van der Waals surface area contributed by atoms with Crippen LogP contribution in [0.5, 0.6) is 0 Å². The third-order valence-corrected chi connectivity index (χ3v) is 4.29. The van der Waals surface area contributed by atoms with E-state index in [4.69, 9.17) is 0 Å². The van der Waals surface area contributed by atoms with Crippen LogP contribution in [0.25, 0.3) is 0 Å². The second-order valence-electron chi connectivity index (χ2n) is 5.49. The number of hydrogen-bond acceptors (Lipinski definition) is 3. The Kier molecular flexibility index (Phi) is 2.86. The number of imidazole rings is 1. The molecule has 2 unspecified atom stereocenters. The predicted octanol–water partition coefficient (Wildman–Crippen LogP) is 0.681. The Balaban J connectivity index is 1.66. The molecule has 1 aromatic heterocycles. The Labute approximate surface area is 107 Å². The first-order chi connectivity index (χ1) is 8.66. The molecule has 2 N–H and O–H groups in total. The molecule has 98 valence electrons. The Bertz CT molecular complexity index is 452. The Morgan fingerprint density at radius 3 is 3.06 bits per heavy atom. The van der Waals surface area contributed by atoms with Crippen molar-refractivity contribution in [3.63, 3.8) is 0 Å². The van der Waals surface area contributed by atoms with Gasteiger partial charge in [-0.1, -0.05) is 0 Å². The van der Waals surface area contributed by atoms with Gasteiger partial charge in [-0.2, -0.15) is 0 Å². The first-order valence-electron chi connectivity index (χ1n) is 6.68. The van der Waals surface area contributed by atoms with Crippen LogP contribution >= 0.6 is 0 Å². The standard InChI is InChI=1S/C13H20N4O/c1-8(9-3-4-9)17(2)13(18)11-5-10-12(6-14-11)16-7-15-10/h7-9,11,14H,3-6H2,1-2H3,(H,15,16). The molecular weight excluding hydrogens is 228 g/mol. The Morgan fingerprint density at radius 2 is 2.33 bits per heavy atom. The van der Waals surface area contributed by atoms with Gasteiger partial charge in [-0.05, 0) is 25.7 Å². The summed E-state index contributed by atoms with van der Waals surface area (Å²) in [5, 5.41) is 3.29. The number of hydrogen-bond donors (Lipinski definition) is 2. The molecule has 1 saturated carbocycles. The quantitative estimate of drug-likeness (QED) is 0.827. The number of likely N-dealkylation sites (N-methyl/N-ethyl adjacent to an activating group) is 1. The summed E-state index contributed by atoms with van der Waals surface area (Å²) in [6.07, 6.45) is 4.93. The van der Waals surface area contributed by atoms with Crippen LogP contribution in [0.15, 0.2) is 6.33 Å². The van der Waals surface area contributed by atoms with Crippen LogP contribution in [0.3, 0.4) is 0 Å². The summed E-state index contributed by atoms with van der Waals surface area (Å²) in [4.78, 5) is 21.7. The lowest BCUT2D eigenvalue weighted by Crippen LogP contribution is -2.51. The molecule has 5 nitrogen and oxygen atoms in total. The van der Waals surface area contributed by atoms with Crippen LogP contribution in [-0.4, -0.2) is 39.9 Å². The van der Waals surface area contributed by atoms with Gasteiger partial charge in [-0.3, -0.25) is 10.1 Å². The summed E-state index contributed by atoms with van der Waals surface area (Å²) < 4.78 is 0. The molecule has 0 spiro atoms. The molecule has 0 radical (unpaired) electrons. The minimum absolute atomic E-state index is 0.119. The van der Waals surface area contributed by atoms with E-state index < -0.39 is 0 Å². The number of amides is 1. The van der Waals surface area contributed by atoms with Crippen molar-refractivity contribution in [2.24, 2.45) is 5.92 Å². The van der Waals surface area contributed by atoms with Gasteiger partial charge in [0, 0.05) is 26.1 Å². The van der Waals surface area contributed by atoms with Gasteiger partial charge in [0.15, 0.2) is 0 Å². The summed E-state index contributed by atoms with van der Waals surface area (Å²) in [7, 11) is 1.92. The van der Waals surface area contributed by atoms with Gasteiger partial charge in [-0.15, -0.1) is 0 Å². The predicted molar refractivity (Wildman–Crippen MR) is 67.9 cm³/mol. The highest BCUT2D eigenvalue weighted by Gasteiger charge is 2.35. The van der Waals surface area contributed by atoms with E-state index in [1.54, 1.807) is 6.33 Å². The van der Waals surface area contributed by atoms with Crippen LogP contribution in [0.2, 0.25) is 0 Å². The molecule has 2 aliphatic rings. The smallest absolute Gasteiger partial charge is 0.240 e. The maximum absolute atomic E-state index is 12.4. The summed E-state index contributed by atoms with van der Waals surface area (Å²) in [5.74, 6) is 0.909. The topological polar surface area (TPSA) is 61.0 Å². The van der Waals surface area contributed by atoms with Crippen molar-refractivity contribution in [3.05, 3.63) is 17.7 Å². The third kappa shape index (κ3) is 2.03. The molecule has 0 aromatic carbocycles. The molecule has 1 aliphatic heterocycles. The fourth-order valence-corrected chi connectivity index (χ4v) is 2.69. The van der Waals surface area contributed by atoms with Gasteiger partial charge in [0.05, 0.1) is 23.8 Å². The van der Waals surface area contributed by atoms with Crippen molar-refractivity contribution in [1.29, 1.82) is 0 Å². The fourth-order valence-electron chi connectivity index (χ4n) is 2.69. The number of aromatic amines is 1. The largest absolute Gasteiger partial charge is 0.347 e. The number of aromatic nitrogens is 2. The maximum Gasteiger partial charge on any atom is 0.240 e. The Hall–Kier alpha value is -1.36. The number of H-pyrrole nitrogens is 1. The fraction of sp³-hybridized carbons (Fsp3) is 0.692. The molecular formula is C13H20N4O. The van der Waals surface area contributed by atoms with E-state index in [1.165, 1.54) is 12.8 Å². The number of fused-ring (bicyclic) bond motifs is 1. The third-order valence-electron chi connectivity index (χ3n) is 4.29. The summed E-state index contributed by atoms with van der Waals surface area (Å²) in [5.41, 5.74) is 2.14. The van der Waals surface area contributed by atoms with E-state index in [1.807, 2.05) is 11.9 Å². The zero-order valence-electron chi connectivity index (χ0n) is 10.9. The van der Waals surface area contributed by atoms with Gasteiger partial charge in [0.2, 0.25) is 5.91 Å². The number of carbonyl (C=O) groups is 1. The van der Waals surface area contributed by atoms with Crippen LogP contribution < -0.4 is 5.32 Å². The molecule has 1 aromatic rings. The molecule has 1 amide bonds. The van der Waals surface area contributed by atoms with Gasteiger partial charge in [0.1, 0.15) is 0 Å². The lowest BCUT2D eigenvalue weighted by molar-refractivity contribution is -0.134. The SMILES string of the molecule is CC(C1CC1)N(C)C(=O)C1Cc2nc[nH]c2CN1. The van der Waals surface area contributed by atoms with E-state index in [0.29, 0.717) is 24.9 Å². The second-order valence-corrected chi connectivity index (χ2v) is 5.49. The molecule has 2 atom stereocenters. The molecule has 1 fully saturated rings. The molecule has 3 rings (SSSR count). The van der Waals surface area contributed by atoms with E-state index in [0.717, 1.165) is 11.4 Å². The maximum atomic E-state index is 12.4. The zero-order valence-corrected chi connectivity index (χ0v) is 10.9. The number of carbonyl (C=O) groups excluding carboxylic acids is 1. The lowest BCUT2D eigenvalue weighted by Gasteiger charge is -2.31. The lowest BCUT2D eigenvalue weighted by atomic mass is 10.0. The monoisotopic (exact) mass is 248 g/mol. The van der Waals surface area contributed by atoms with Crippen molar-refractivity contribution in [2.45, 2.75) is 44.8 Å². The van der Waals surface area contributed by atoms with Crippen molar-refractivity contribution >= 4 is 5.91 Å². The van der Waals surface area contributed by atoms with Crippen molar-refractivity contribution in [2.75, 3.05) is 7.05 Å². The van der Waals surface area contributed by atoms with E-state index in [2.05, 4.69) is 22.2 Å². The number of nitrogens with zero attached hydrogens (tertiary/aromatic N) is 2. The van der Waals surface area contributed by atoms with Crippen LogP contribution in [0.1, 0.15) is 31.2 Å². The van der Waals surface area contributed by atoms with Crippen LogP contribution in [-0.2, 0) is 17.8 Å². The van der Waals surface area contributed by atoms with Gasteiger partial charge >= 0.3 is 0 Å². The molecule has 2 heterocycles. The molecule has 5 heteroatoms. The highest BCUT2D eigenvalue weighted by atomic mass is 16.2. The van der Waals surface area contributed by atoms with Crippen LogP contribution in [0, 0.1) is 5.92 Å². The van der Waals surface area contributed by atoms with Gasteiger partial charge in [0.25, 0.3) is 0 Å². The van der Waals surface area contributed by atoms with Gasteiger partial charge < -0.3 is 9.88 Å². The average Bonchev–Trinajstić information content (AvgIpc) is 3.13. The van der Waals surface area contributed by atoms with Gasteiger partial charge in [-0.25, -0.2) is 4.98 Å². The van der Waals surface area contributed by atoms with Crippen molar-refractivity contribution in [3.8, 4) is 0 Å². The number of rotatable bonds is 3. The summed E-state index contributed by atoms with van der Waals surface area (Å²) in [6.45, 7) is 2.86. The van der Waals surface area contributed by atoms with Crippen molar-refractivity contribution in [1.82, 2.24) is 20.2 Å². The normalized spacial score (nSPS) is 24.4. The minimum atomic E-state index is -0.119. The van der Waals surface area contributed by atoms with Crippen molar-refractivity contribution < 1.29 is 4.79 Å². The Morgan fingerprint density at radius 1 is 1.56 bits per heavy atom. The zero-order chi connectivity index (χ0) is 12.7. The second kappa shape index (κ2) is 4.39. The molecule has 0 bridgehead atoms. The highest BCUT2D eigenvalue weighted by Crippen LogP contribution is 2.35. The average molecular weight is 248 g/mol. The van der Waals surface area contributed by atoms with E-state index >= 15 is 0 Å². The van der Waals surface area contributed by atoms with Crippen LogP contribution in [0.4, 0.5) is 0 Å². The summed E-state index contributed by atoms with van der Waals surface area (Å²) >= 11 is 0. The number of nitrogens with one attached hydrogen (secondary N) is 2. The molecule has 0 saturated heterocycles. The summed E-state index contributed by atoms with van der Waals surface area (Å²) in [6, 6.07) is 0.242. The molecule has 1 aliphatic carbocycles. The minimum Gasteiger partial charge on any atom is -0.347 e. The van der Waals surface area contributed by atoms with E-state index in [-0.39, 0.29) is 11.9 Å². The molecule has 18 heavy (non-hydrogen) atoms. The highest BCUT2D eigenvalue weighted by molar-refractivity contribution is 5.82. The van der Waals surface area contributed by atoms with E-state index in [9.17, 15) is 4.79 Å². The first-order valence-corrected chi connectivity index (χ1v) is 6.68.